The molecule has 0 saturated carbocycles. The van der Waals surface area contributed by atoms with Crippen LogP contribution in [-0.4, -0.2) is 11.1 Å². The average Bonchev–Trinajstić information content (AvgIpc) is 2.42. The number of hydrogen-bond acceptors (Lipinski definition) is 2. The Labute approximate surface area is 111 Å². The zero-order valence-electron chi connectivity index (χ0n) is 10.5. The highest BCUT2D eigenvalue weighted by atomic mass is 16.5. The van der Waals surface area contributed by atoms with Crippen LogP contribution in [0.25, 0.3) is 6.08 Å². The van der Waals surface area contributed by atoms with Crippen molar-refractivity contribution in [2.24, 2.45) is 0 Å². The lowest BCUT2D eigenvalue weighted by Crippen LogP contribution is -1.96. The summed E-state index contributed by atoms with van der Waals surface area (Å²) in [5.74, 6) is 0.417. The Hall–Kier alpha value is -2.55. The molecule has 2 rings (SSSR count). The summed E-state index contributed by atoms with van der Waals surface area (Å²) in [5.41, 5.74) is 1.01. The van der Waals surface area contributed by atoms with Gasteiger partial charge in [0.1, 0.15) is 11.5 Å². The molecule has 96 valence electrons. The Morgan fingerprint density at radius 3 is 2.37 bits per heavy atom. The molecular weight excluding hydrogens is 240 g/mol. The fraction of sp³-hybridized carbons (Fsp3) is 0.0625. The molecule has 0 amide bonds. The van der Waals surface area contributed by atoms with Crippen molar-refractivity contribution in [3.63, 3.8) is 0 Å². The van der Waals surface area contributed by atoms with Gasteiger partial charge >= 0.3 is 5.97 Å². The summed E-state index contributed by atoms with van der Waals surface area (Å²) < 4.78 is 5.75. The molecule has 0 radical (unpaired) electrons. The molecule has 0 aliphatic carbocycles. The minimum Gasteiger partial charge on any atom is -0.478 e. The minimum absolute atomic E-state index is 0.268. The van der Waals surface area contributed by atoms with Crippen molar-refractivity contribution < 1.29 is 14.6 Å². The van der Waals surface area contributed by atoms with E-state index in [0.717, 1.165) is 11.3 Å². The average molecular weight is 254 g/mol. The lowest BCUT2D eigenvalue weighted by Gasteiger charge is -2.08. The summed E-state index contributed by atoms with van der Waals surface area (Å²) in [5, 5.41) is 8.91. The van der Waals surface area contributed by atoms with Crippen LogP contribution >= 0.6 is 0 Å². The smallest absolute Gasteiger partial charge is 0.331 e. The van der Waals surface area contributed by atoms with Gasteiger partial charge in [-0.25, -0.2) is 4.79 Å². The quantitative estimate of drug-likeness (QED) is 0.840. The number of carboxylic acids is 1. The van der Waals surface area contributed by atoms with E-state index < -0.39 is 5.97 Å². The van der Waals surface area contributed by atoms with Crippen LogP contribution in [-0.2, 0) is 4.79 Å². The summed E-state index contributed by atoms with van der Waals surface area (Å²) in [7, 11) is 0. The summed E-state index contributed by atoms with van der Waals surface area (Å²) in [6.07, 6.45) is 1.60. The Bertz CT molecular complexity index is 600. The topological polar surface area (TPSA) is 46.5 Å². The van der Waals surface area contributed by atoms with Gasteiger partial charge in [0, 0.05) is 11.1 Å². The van der Waals surface area contributed by atoms with Crippen molar-refractivity contribution in [2.45, 2.75) is 6.92 Å². The third-order valence-corrected chi connectivity index (χ3v) is 2.60. The van der Waals surface area contributed by atoms with Crippen LogP contribution in [0.1, 0.15) is 12.5 Å². The largest absolute Gasteiger partial charge is 0.478 e. The van der Waals surface area contributed by atoms with Crippen LogP contribution in [0.4, 0.5) is 0 Å². The summed E-state index contributed by atoms with van der Waals surface area (Å²) in [4.78, 5) is 10.9. The van der Waals surface area contributed by atoms with E-state index in [1.165, 1.54) is 0 Å². The van der Waals surface area contributed by atoms with E-state index >= 15 is 0 Å². The standard InChI is InChI=1S/C16H14O3/c1-12(16(17)18)11-13-7-5-6-10-15(13)19-14-8-3-2-4-9-14/h2-11H,1H3,(H,17,18). The monoisotopic (exact) mass is 254 g/mol. The molecule has 0 aromatic heterocycles. The summed E-state index contributed by atoms with van der Waals surface area (Å²) >= 11 is 0. The fourth-order valence-corrected chi connectivity index (χ4v) is 1.60. The fourth-order valence-electron chi connectivity index (χ4n) is 1.60. The minimum atomic E-state index is -0.936. The molecule has 3 heteroatoms. The lowest BCUT2D eigenvalue weighted by atomic mass is 10.1. The zero-order valence-corrected chi connectivity index (χ0v) is 10.5. The van der Waals surface area contributed by atoms with E-state index in [1.54, 1.807) is 13.0 Å². The molecule has 0 atom stereocenters. The highest BCUT2D eigenvalue weighted by Gasteiger charge is 2.05. The molecule has 19 heavy (non-hydrogen) atoms. The Balaban J connectivity index is 2.32. The molecule has 0 aliphatic rings. The van der Waals surface area contributed by atoms with E-state index in [9.17, 15) is 4.79 Å². The van der Waals surface area contributed by atoms with E-state index in [4.69, 9.17) is 9.84 Å². The first-order valence-electron chi connectivity index (χ1n) is 5.90. The number of benzene rings is 2. The van der Waals surface area contributed by atoms with Crippen LogP contribution in [0.15, 0.2) is 60.2 Å². The molecule has 1 N–H and O–H groups in total. The van der Waals surface area contributed by atoms with Gasteiger partial charge in [-0.05, 0) is 31.2 Å². The Morgan fingerprint density at radius 1 is 1.05 bits per heavy atom. The van der Waals surface area contributed by atoms with Crippen LogP contribution < -0.4 is 4.74 Å². The molecule has 0 saturated heterocycles. The number of ether oxygens (including phenoxy) is 1. The van der Waals surface area contributed by atoms with Gasteiger partial charge in [-0.15, -0.1) is 0 Å². The zero-order chi connectivity index (χ0) is 13.7. The number of carbonyl (C=O) groups is 1. The van der Waals surface area contributed by atoms with Gasteiger partial charge in [0.2, 0.25) is 0 Å². The van der Waals surface area contributed by atoms with Crippen LogP contribution in [0.2, 0.25) is 0 Å². The third-order valence-electron chi connectivity index (χ3n) is 2.60. The maximum Gasteiger partial charge on any atom is 0.331 e. The lowest BCUT2D eigenvalue weighted by molar-refractivity contribution is -0.132. The van der Waals surface area contributed by atoms with Gasteiger partial charge in [0.25, 0.3) is 0 Å². The van der Waals surface area contributed by atoms with Gasteiger partial charge in [-0.2, -0.15) is 0 Å². The van der Waals surface area contributed by atoms with Crippen LogP contribution in [0, 0.1) is 0 Å². The summed E-state index contributed by atoms with van der Waals surface area (Å²) in [6.45, 7) is 1.56. The maximum atomic E-state index is 10.9. The molecule has 0 unspecified atom stereocenters. The van der Waals surface area contributed by atoms with Crippen molar-refractivity contribution in [1.82, 2.24) is 0 Å². The van der Waals surface area contributed by atoms with Gasteiger partial charge in [-0.1, -0.05) is 36.4 Å². The molecule has 0 spiro atoms. The first-order valence-corrected chi connectivity index (χ1v) is 5.90. The van der Waals surface area contributed by atoms with E-state index in [2.05, 4.69) is 0 Å². The molecule has 0 bridgehead atoms. The molecule has 3 nitrogen and oxygen atoms in total. The van der Waals surface area contributed by atoms with E-state index in [1.807, 2.05) is 54.6 Å². The first kappa shape index (κ1) is 12.9. The molecular formula is C16H14O3. The second-order valence-corrected chi connectivity index (χ2v) is 4.09. The first-order chi connectivity index (χ1) is 9.16. The van der Waals surface area contributed by atoms with Crippen molar-refractivity contribution >= 4 is 12.0 Å². The molecule has 0 fully saturated rings. The van der Waals surface area contributed by atoms with Crippen molar-refractivity contribution in [1.29, 1.82) is 0 Å². The van der Waals surface area contributed by atoms with Crippen molar-refractivity contribution in [3.8, 4) is 11.5 Å². The highest BCUT2D eigenvalue weighted by Crippen LogP contribution is 2.26. The van der Waals surface area contributed by atoms with Gasteiger partial charge in [0.05, 0.1) is 0 Å². The SMILES string of the molecule is CC(=Cc1ccccc1Oc1ccccc1)C(=O)O. The van der Waals surface area contributed by atoms with E-state index in [0.29, 0.717) is 5.75 Å². The van der Waals surface area contributed by atoms with Crippen LogP contribution in [0.5, 0.6) is 11.5 Å². The highest BCUT2D eigenvalue weighted by molar-refractivity contribution is 5.91. The Kier molecular flexibility index (Phi) is 3.98. The second-order valence-electron chi connectivity index (χ2n) is 4.09. The number of aliphatic carboxylic acids is 1. The van der Waals surface area contributed by atoms with E-state index in [-0.39, 0.29) is 5.57 Å². The molecule has 0 heterocycles. The summed E-state index contributed by atoms with van der Waals surface area (Å²) in [6, 6.07) is 16.7. The van der Waals surface area contributed by atoms with Gasteiger partial charge in [0.15, 0.2) is 0 Å². The number of hydrogen-bond donors (Lipinski definition) is 1. The predicted molar refractivity (Wildman–Crippen MR) is 74.2 cm³/mol. The second kappa shape index (κ2) is 5.87. The number of rotatable bonds is 4. The van der Waals surface area contributed by atoms with Crippen LogP contribution in [0.3, 0.4) is 0 Å². The predicted octanol–water partition coefficient (Wildman–Crippen LogP) is 3.97. The number of para-hydroxylation sites is 2. The molecule has 2 aromatic carbocycles. The third kappa shape index (κ3) is 3.45. The van der Waals surface area contributed by atoms with Crippen molar-refractivity contribution in [2.75, 3.05) is 0 Å². The van der Waals surface area contributed by atoms with Crippen molar-refractivity contribution in [3.05, 3.63) is 65.7 Å². The molecule has 2 aromatic rings. The van der Waals surface area contributed by atoms with Gasteiger partial charge in [-0.3, -0.25) is 0 Å². The maximum absolute atomic E-state index is 10.9. The Morgan fingerprint density at radius 2 is 1.68 bits per heavy atom. The normalized spacial score (nSPS) is 11.1. The van der Waals surface area contributed by atoms with Gasteiger partial charge < -0.3 is 9.84 Å². The molecule has 0 aliphatic heterocycles. The number of carboxylic acid groups (broad SMARTS) is 1.